The zero-order chi connectivity index (χ0) is 17.2. The van der Waals surface area contributed by atoms with Crippen molar-refractivity contribution in [2.24, 2.45) is 0 Å². The van der Waals surface area contributed by atoms with Gasteiger partial charge in [-0.05, 0) is 23.8 Å². The van der Waals surface area contributed by atoms with Crippen molar-refractivity contribution in [2.75, 3.05) is 17.3 Å². The summed E-state index contributed by atoms with van der Waals surface area (Å²) in [5, 5.41) is 7.25. The molecule has 3 N–H and O–H groups in total. The van der Waals surface area contributed by atoms with E-state index in [4.69, 9.17) is 5.73 Å². The minimum atomic E-state index is -3.19. The van der Waals surface area contributed by atoms with Crippen molar-refractivity contribution >= 4 is 21.6 Å². The number of hydrogen-bond acceptors (Lipinski definition) is 7. The van der Waals surface area contributed by atoms with Crippen molar-refractivity contribution in [1.29, 1.82) is 0 Å². The highest BCUT2D eigenvalue weighted by Crippen LogP contribution is 2.14. The van der Waals surface area contributed by atoms with Gasteiger partial charge in [0.05, 0.1) is 4.90 Å². The van der Waals surface area contributed by atoms with Gasteiger partial charge in [0.1, 0.15) is 5.82 Å². The maximum atomic E-state index is 11.5. The molecule has 0 amide bonds. The topological polar surface area (TPSA) is 116 Å². The van der Waals surface area contributed by atoms with E-state index in [0.717, 1.165) is 5.56 Å². The molecule has 0 spiro atoms. The molecule has 0 saturated carbocycles. The number of aromatic nitrogens is 4. The van der Waals surface area contributed by atoms with Gasteiger partial charge >= 0.3 is 0 Å². The second-order valence-corrected chi connectivity index (χ2v) is 7.21. The molecule has 0 aliphatic heterocycles. The number of nitrogens with zero attached hydrogens (tertiary/aromatic N) is 4. The largest absolute Gasteiger partial charge is 0.368 e. The number of anilines is 2. The van der Waals surface area contributed by atoms with Gasteiger partial charge in [0.2, 0.25) is 5.95 Å². The summed E-state index contributed by atoms with van der Waals surface area (Å²) < 4.78 is 24.5. The second-order valence-electron chi connectivity index (χ2n) is 5.19. The Bertz CT molecular complexity index is 937. The van der Waals surface area contributed by atoms with Crippen LogP contribution < -0.4 is 11.1 Å². The summed E-state index contributed by atoms with van der Waals surface area (Å²) in [5.41, 5.74) is 6.65. The van der Waals surface area contributed by atoms with Crippen LogP contribution in [0.5, 0.6) is 0 Å². The fourth-order valence-electron chi connectivity index (χ4n) is 2.11. The average molecular weight is 344 g/mol. The van der Waals surface area contributed by atoms with Crippen molar-refractivity contribution in [2.45, 2.75) is 11.4 Å². The fourth-order valence-corrected chi connectivity index (χ4v) is 2.74. The van der Waals surface area contributed by atoms with Crippen LogP contribution in [0.2, 0.25) is 0 Å². The average Bonchev–Trinajstić information content (AvgIpc) is 3.06. The Kier molecular flexibility index (Phi) is 4.17. The first kappa shape index (κ1) is 15.9. The Hall–Kier alpha value is -2.94. The highest BCUT2D eigenvalue weighted by atomic mass is 32.2. The van der Waals surface area contributed by atoms with Gasteiger partial charge in [0.25, 0.3) is 0 Å². The fraction of sp³-hybridized carbons (Fsp3) is 0.133. The van der Waals surface area contributed by atoms with E-state index in [9.17, 15) is 8.42 Å². The molecule has 2 aromatic heterocycles. The van der Waals surface area contributed by atoms with Gasteiger partial charge in [-0.15, -0.1) is 0 Å². The molecule has 0 aliphatic rings. The second kappa shape index (κ2) is 6.28. The van der Waals surface area contributed by atoms with Gasteiger partial charge < -0.3 is 11.1 Å². The maximum Gasteiger partial charge on any atom is 0.224 e. The van der Waals surface area contributed by atoms with Gasteiger partial charge in [0, 0.05) is 31.3 Å². The lowest BCUT2D eigenvalue weighted by Crippen LogP contribution is -2.08. The lowest BCUT2D eigenvalue weighted by Gasteiger charge is -2.09. The number of rotatable bonds is 5. The first-order valence-electron chi connectivity index (χ1n) is 7.09. The van der Waals surface area contributed by atoms with Gasteiger partial charge in [0.15, 0.2) is 15.7 Å². The van der Waals surface area contributed by atoms with E-state index in [0.29, 0.717) is 23.1 Å². The molecule has 3 aromatic rings. The Labute approximate surface area is 139 Å². The molecule has 0 unspecified atom stereocenters. The van der Waals surface area contributed by atoms with Crippen molar-refractivity contribution in [3.05, 3.63) is 54.4 Å². The number of sulfone groups is 1. The molecule has 0 saturated heterocycles. The molecule has 0 fully saturated rings. The zero-order valence-electron chi connectivity index (χ0n) is 12.9. The molecule has 124 valence electrons. The third-order valence-corrected chi connectivity index (χ3v) is 4.42. The third kappa shape index (κ3) is 3.69. The molecule has 0 atom stereocenters. The Morgan fingerprint density at radius 2 is 1.96 bits per heavy atom. The molecule has 3 rings (SSSR count). The van der Waals surface area contributed by atoms with E-state index in [1.807, 2.05) is 0 Å². The number of benzene rings is 1. The molecule has 24 heavy (non-hydrogen) atoms. The van der Waals surface area contributed by atoms with Crippen molar-refractivity contribution in [3.8, 4) is 5.82 Å². The van der Waals surface area contributed by atoms with Crippen molar-refractivity contribution in [3.63, 3.8) is 0 Å². The Balaban J connectivity index is 1.75. The number of nitrogen functional groups attached to an aromatic ring is 1. The predicted octanol–water partition coefficient (Wildman–Crippen LogP) is 1.26. The lowest BCUT2D eigenvalue weighted by molar-refractivity contribution is 0.602. The highest BCUT2D eigenvalue weighted by Gasteiger charge is 2.07. The minimum Gasteiger partial charge on any atom is -0.368 e. The molecular formula is C15H16N6O2S. The standard InChI is InChI=1S/C15H16N6O2S/c1-24(22,23)12-5-3-11(4-6-12)10-17-13-9-14(20-15(16)19-13)21-8-2-7-18-21/h2-9H,10H2,1H3,(H3,16,17,19,20). The van der Waals surface area contributed by atoms with E-state index in [2.05, 4.69) is 20.4 Å². The van der Waals surface area contributed by atoms with E-state index in [-0.39, 0.29) is 5.95 Å². The monoisotopic (exact) mass is 344 g/mol. The van der Waals surface area contributed by atoms with E-state index in [1.54, 1.807) is 53.5 Å². The molecular weight excluding hydrogens is 328 g/mol. The number of hydrogen-bond donors (Lipinski definition) is 2. The summed E-state index contributed by atoms with van der Waals surface area (Å²) in [6.07, 6.45) is 4.59. The predicted molar refractivity (Wildman–Crippen MR) is 90.4 cm³/mol. The van der Waals surface area contributed by atoms with Gasteiger partial charge in [-0.1, -0.05) is 12.1 Å². The van der Waals surface area contributed by atoms with Crippen LogP contribution in [0.4, 0.5) is 11.8 Å². The van der Waals surface area contributed by atoms with Crippen LogP contribution >= 0.6 is 0 Å². The first-order chi connectivity index (χ1) is 11.4. The van der Waals surface area contributed by atoms with E-state index < -0.39 is 9.84 Å². The summed E-state index contributed by atoms with van der Waals surface area (Å²) >= 11 is 0. The normalized spacial score (nSPS) is 11.4. The molecule has 9 heteroatoms. The molecule has 0 radical (unpaired) electrons. The van der Waals surface area contributed by atoms with Gasteiger partial charge in [-0.3, -0.25) is 0 Å². The SMILES string of the molecule is CS(=O)(=O)c1ccc(CNc2cc(-n3cccn3)nc(N)n2)cc1. The van der Waals surface area contributed by atoms with Crippen molar-refractivity contribution in [1.82, 2.24) is 19.7 Å². The third-order valence-electron chi connectivity index (χ3n) is 3.29. The number of nitrogens with one attached hydrogen (secondary N) is 1. The van der Waals surface area contributed by atoms with Crippen LogP contribution in [0.25, 0.3) is 5.82 Å². The highest BCUT2D eigenvalue weighted by molar-refractivity contribution is 7.90. The van der Waals surface area contributed by atoms with Gasteiger partial charge in [-0.2, -0.15) is 15.1 Å². The van der Waals surface area contributed by atoms with Crippen LogP contribution in [0.15, 0.2) is 53.7 Å². The molecule has 8 nitrogen and oxygen atoms in total. The lowest BCUT2D eigenvalue weighted by atomic mass is 10.2. The van der Waals surface area contributed by atoms with Crippen LogP contribution in [0.1, 0.15) is 5.56 Å². The molecule has 2 heterocycles. The summed E-state index contributed by atoms with van der Waals surface area (Å²) in [4.78, 5) is 8.55. The van der Waals surface area contributed by atoms with E-state index in [1.165, 1.54) is 6.26 Å². The van der Waals surface area contributed by atoms with Crippen LogP contribution in [-0.2, 0) is 16.4 Å². The molecule has 0 aliphatic carbocycles. The van der Waals surface area contributed by atoms with Crippen LogP contribution in [-0.4, -0.2) is 34.4 Å². The quantitative estimate of drug-likeness (QED) is 0.716. The molecule has 1 aromatic carbocycles. The van der Waals surface area contributed by atoms with Crippen molar-refractivity contribution < 1.29 is 8.42 Å². The van der Waals surface area contributed by atoms with Crippen LogP contribution in [0.3, 0.4) is 0 Å². The van der Waals surface area contributed by atoms with Crippen LogP contribution in [0, 0.1) is 0 Å². The summed E-state index contributed by atoms with van der Waals surface area (Å²) in [6, 6.07) is 10.2. The maximum absolute atomic E-state index is 11.5. The summed E-state index contributed by atoms with van der Waals surface area (Å²) in [5.74, 6) is 1.25. The minimum absolute atomic E-state index is 0.137. The smallest absolute Gasteiger partial charge is 0.224 e. The number of nitrogens with two attached hydrogens (primary N) is 1. The van der Waals surface area contributed by atoms with E-state index >= 15 is 0 Å². The molecule has 0 bridgehead atoms. The summed E-state index contributed by atoms with van der Waals surface area (Å²) in [6.45, 7) is 0.471. The Morgan fingerprint density at radius 3 is 2.58 bits per heavy atom. The summed E-state index contributed by atoms with van der Waals surface area (Å²) in [7, 11) is -3.19. The van der Waals surface area contributed by atoms with Gasteiger partial charge in [-0.25, -0.2) is 13.1 Å². The first-order valence-corrected chi connectivity index (χ1v) is 8.98. The Morgan fingerprint density at radius 1 is 1.21 bits per heavy atom. The zero-order valence-corrected chi connectivity index (χ0v) is 13.7.